The van der Waals surface area contributed by atoms with Crippen LogP contribution < -0.4 is 5.32 Å². The third kappa shape index (κ3) is 4.57. The van der Waals surface area contributed by atoms with Crippen LogP contribution in [0, 0.1) is 5.92 Å². The summed E-state index contributed by atoms with van der Waals surface area (Å²) in [7, 11) is 4.07. The highest BCUT2D eigenvalue weighted by Gasteiger charge is 2.16. The van der Waals surface area contributed by atoms with Crippen molar-refractivity contribution in [3.8, 4) is 0 Å². The van der Waals surface area contributed by atoms with E-state index in [4.69, 9.17) is 0 Å². The number of fused-ring (bicyclic) bond motifs is 1. The van der Waals surface area contributed by atoms with E-state index >= 15 is 0 Å². The van der Waals surface area contributed by atoms with Crippen LogP contribution in [0.1, 0.15) is 30.6 Å². The average Bonchev–Trinajstić information content (AvgIpc) is 2.45. The number of nitrogens with one attached hydrogen (secondary N) is 1. The molecule has 0 aliphatic rings. The maximum absolute atomic E-state index is 12.5. The summed E-state index contributed by atoms with van der Waals surface area (Å²) in [5.41, 5.74) is 0.728. The van der Waals surface area contributed by atoms with Gasteiger partial charge in [-0.1, -0.05) is 44.2 Å². The Hall–Kier alpha value is -1.87. The fourth-order valence-electron chi connectivity index (χ4n) is 2.79. The van der Waals surface area contributed by atoms with Crippen molar-refractivity contribution >= 4 is 16.7 Å². The quantitative estimate of drug-likeness (QED) is 0.884. The lowest BCUT2D eigenvalue weighted by atomic mass is 10.0. The van der Waals surface area contributed by atoms with Crippen LogP contribution in [0.2, 0.25) is 0 Å². The summed E-state index contributed by atoms with van der Waals surface area (Å²) in [4.78, 5) is 14.7. The summed E-state index contributed by atoms with van der Waals surface area (Å²) in [5.74, 6) is 0.570. The number of hydrogen-bond acceptors (Lipinski definition) is 2. The zero-order chi connectivity index (χ0) is 16.1. The lowest BCUT2D eigenvalue weighted by Gasteiger charge is -2.24. The van der Waals surface area contributed by atoms with Crippen molar-refractivity contribution in [2.45, 2.75) is 26.3 Å². The van der Waals surface area contributed by atoms with Gasteiger partial charge in [0.25, 0.3) is 5.91 Å². The van der Waals surface area contributed by atoms with Crippen LogP contribution in [0.15, 0.2) is 42.5 Å². The van der Waals surface area contributed by atoms with Crippen molar-refractivity contribution in [3.05, 3.63) is 48.0 Å². The maximum atomic E-state index is 12.5. The Morgan fingerprint density at radius 2 is 1.77 bits per heavy atom. The zero-order valence-electron chi connectivity index (χ0n) is 14.0. The van der Waals surface area contributed by atoms with E-state index in [9.17, 15) is 4.79 Å². The molecule has 3 heteroatoms. The van der Waals surface area contributed by atoms with Crippen molar-refractivity contribution in [2.75, 3.05) is 20.6 Å². The minimum Gasteiger partial charge on any atom is -0.348 e. The molecule has 0 aliphatic heterocycles. The van der Waals surface area contributed by atoms with Gasteiger partial charge in [0.05, 0.1) is 0 Å². The highest BCUT2D eigenvalue weighted by atomic mass is 16.1. The molecule has 118 valence electrons. The van der Waals surface area contributed by atoms with Gasteiger partial charge in [0, 0.05) is 18.2 Å². The summed E-state index contributed by atoms with van der Waals surface area (Å²) in [6.07, 6.45) is 0.984. The molecule has 2 aromatic rings. The van der Waals surface area contributed by atoms with Gasteiger partial charge in [-0.05, 0) is 49.3 Å². The zero-order valence-corrected chi connectivity index (χ0v) is 14.0. The number of amides is 1. The molecule has 0 heterocycles. The van der Waals surface area contributed by atoms with Gasteiger partial charge in [-0.3, -0.25) is 4.79 Å². The second-order valence-electron chi connectivity index (χ2n) is 6.62. The van der Waals surface area contributed by atoms with Gasteiger partial charge in [0.15, 0.2) is 0 Å². The first-order chi connectivity index (χ1) is 10.5. The first kappa shape index (κ1) is 16.5. The van der Waals surface area contributed by atoms with Crippen LogP contribution in [-0.2, 0) is 0 Å². The Morgan fingerprint density at radius 3 is 2.41 bits per heavy atom. The van der Waals surface area contributed by atoms with E-state index in [0.717, 1.165) is 29.3 Å². The van der Waals surface area contributed by atoms with Crippen LogP contribution in [-0.4, -0.2) is 37.5 Å². The van der Waals surface area contributed by atoms with Crippen LogP contribution in [0.3, 0.4) is 0 Å². The smallest absolute Gasteiger partial charge is 0.251 e. The molecule has 1 unspecified atom stereocenters. The predicted molar refractivity (Wildman–Crippen MR) is 93.2 cm³/mol. The van der Waals surface area contributed by atoms with E-state index in [2.05, 4.69) is 30.1 Å². The normalized spacial score (nSPS) is 12.8. The molecular weight excluding hydrogens is 272 g/mol. The Labute approximate surface area is 133 Å². The molecule has 0 aliphatic carbocycles. The highest BCUT2D eigenvalue weighted by molar-refractivity contribution is 5.98. The number of carbonyl (C=O) groups excluding carboxylic acids is 1. The second kappa shape index (κ2) is 7.41. The van der Waals surface area contributed by atoms with Gasteiger partial charge in [-0.2, -0.15) is 0 Å². The molecule has 0 spiro atoms. The van der Waals surface area contributed by atoms with E-state index in [-0.39, 0.29) is 11.9 Å². The largest absolute Gasteiger partial charge is 0.348 e. The molecule has 1 atom stereocenters. The number of rotatable bonds is 6. The number of likely N-dealkylation sites (N-methyl/N-ethyl adjacent to an activating group) is 1. The molecule has 22 heavy (non-hydrogen) atoms. The predicted octanol–water partition coefficient (Wildman–Crippen LogP) is 3.55. The monoisotopic (exact) mass is 298 g/mol. The maximum Gasteiger partial charge on any atom is 0.251 e. The Bertz CT molecular complexity index is 624. The van der Waals surface area contributed by atoms with Crippen molar-refractivity contribution in [1.82, 2.24) is 10.2 Å². The topological polar surface area (TPSA) is 32.3 Å². The minimum absolute atomic E-state index is 0.0123. The SMILES string of the molecule is CC(C)CC(CN(C)C)NC(=O)c1ccc2ccccc2c1. The Balaban J connectivity index is 2.13. The van der Waals surface area contributed by atoms with Crippen molar-refractivity contribution in [1.29, 1.82) is 0 Å². The van der Waals surface area contributed by atoms with Crippen molar-refractivity contribution in [2.24, 2.45) is 5.92 Å². The second-order valence-corrected chi connectivity index (χ2v) is 6.62. The van der Waals surface area contributed by atoms with Gasteiger partial charge in [-0.25, -0.2) is 0 Å². The van der Waals surface area contributed by atoms with Gasteiger partial charge in [0.2, 0.25) is 0 Å². The molecular formula is C19H26N2O. The van der Waals surface area contributed by atoms with E-state index in [1.807, 2.05) is 50.5 Å². The molecule has 0 radical (unpaired) electrons. The first-order valence-corrected chi connectivity index (χ1v) is 7.90. The summed E-state index contributed by atoms with van der Waals surface area (Å²) >= 11 is 0. The van der Waals surface area contributed by atoms with E-state index < -0.39 is 0 Å². The summed E-state index contributed by atoms with van der Waals surface area (Å²) in [6, 6.07) is 14.2. The molecule has 0 saturated heterocycles. The van der Waals surface area contributed by atoms with Crippen LogP contribution in [0.25, 0.3) is 10.8 Å². The van der Waals surface area contributed by atoms with Crippen LogP contribution in [0.4, 0.5) is 0 Å². The third-order valence-electron chi connectivity index (χ3n) is 3.69. The Morgan fingerprint density at radius 1 is 1.09 bits per heavy atom. The van der Waals surface area contributed by atoms with Gasteiger partial charge < -0.3 is 10.2 Å². The fraction of sp³-hybridized carbons (Fsp3) is 0.421. The van der Waals surface area contributed by atoms with Crippen molar-refractivity contribution in [3.63, 3.8) is 0 Å². The molecule has 2 aromatic carbocycles. The average molecular weight is 298 g/mol. The minimum atomic E-state index is 0.0123. The lowest BCUT2D eigenvalue weighted by molar-refractivity contribution is 0.0924. The lowest BCUT2D eigenvalue weighted by Crippen LogP contribution is -2.42. The van der Waals surface area contributed by atoms with Crippen LogP contribution >= 0.6 is 0 Å². The fourth-order valence-corrected chi connectivity index (χ4v) is 2.79. The van der Waals surface area contributed by atoms with Gasteiger partial charge in [-0.15, -0.1) is 0 Å². The standard InChI is InChI=1S/C19H26N2O/c1-14(2)11-18(13-21(3)4)20-19(22)17-10-9-15-7-5-6-8-16(15)12-17/h5-10,12,14,18H,11,13H2,1-4H3,(H,20,22). The first-order valence-electron chi connectivity index (χ1n) is 7.90. The molecule has 0 fully saturated rings. The van der Waals surface area contributed by atoms with Crippen LogP contribution in [0.5, 0.6) is 0 Å². The summed E-state index contributed by atoms with van der Waals surface area (Å²) < 4.78 is 0. The Kier molecular flexibility index (Phi) is 5.56. The molecule has 3 nitrogen and oxygen atoms in total. The molecule has 0 saturated carbocycles. The molecule has 0 aromatic heterocycles. The molecule has 0 bridgehead atoms. The highest BCUT2D eigenvalue weighted by Crippen LogP contribution is 2.16. The summed E-state index contributed by atoms with van der Waals surface area (Å²) in [5, 5.41) is 5.44. The van der Waals surface area contributed by atoms with E-state index in [0.29, 0.717) is 5.92 Å². The number of nitrogens with zero attached hydrogens (tertiary/aromatic N) is 1. The third-order valence-corrected chi connectivity index (χ3v) is 3.69. The molecule has 1 amide bonds. The van der Waals surface area contributed by atoms with Gasteiger partial charge in [0.1, 0.15) is 0 Å². The van der Waals surface area contributed by atoms with E-state index in [1.54, 1.807) is 0 Å². The van der Waals surface area contributed by atoms with Crippen molar-refractivity contribution < 1.29 is 4.79 Å². The molecule has 2 rings (SSSR count). The van der Waals surface area contributed by atoms with E-state index in [1.165, 1.54) is 0 Å². The number of carbonyl (C=O) groups is 1. The number of hydrogen-bond donors (Lipinski definition) is 1. The van der Waals surface area contributed by atoms with Gasteiger partial charge >= 0.3 is 0 Å². The number of benzene rings is 2. The summed E-state index contributed by atoms with van der Waals surface area (Å²) in [6.45, 7) is 5.23. The molecule has 1 N–H and O–H groups in total.